The lowest BCUT2D eigenvalue weighted by Gasteiger charge is -2.25. The molecule has 26 heavy (non-hydrogen) atoms. The minimum atomic E-state index is 0.176. The van der Waals surface area contributed by atoms with E-state index < -0.39 is 0 Å². The number of benzene rings is 2. The van der Waals surface area contributed by atoms with Crippen molar-refractivity contribution in [2.75, 3.05) is 37.9 Å². The van der Waals surface area contributed by atoms with E-state index in [1.54, 1.807) is 0 Å². The average molecular weight is 352 g/mol. The van der Waals surface area contributed by atoms with Gasteiger partial charge >= 0.3 is 0 Å². The third kappa shape index (κ3) is 3.47. The largest absolute Gasteiger partial charge is 0.454 e. The summed E-state index contributed by atoms with van der Waals surface area (Å²) in [5.41, 5.74) is 3.53. The van der Waals surface area contributed by atoms with Crippen LogP contribution in [0.4, 0.5) is 5.69 Å². The third-order valence-corrected chi connectivity index (χ3v) is 5.10. The molecule has 1 saturated heterocycles. The van der Waals surface area contributed by atoms with Crippen LogP contribution in [0.3, 0.4) is 0 Å². The van der Waals surface area contributed by atoms with Gasteiger partial charge in [-0.05, 0) is 42.7 Å². The van der Waals surface area contributed by atoms with Crippen LogP contribution in [0.15, 0.2) is 42.5 Å². The van der Waals surface area contributed by atoms with Crippen molar-refractivity contribution in [1.82, 2.24) is 4.90 Å². The van der Waals surface area contributed by atoms with Crippen LogP contribution in [0.25, 0.3) is 0 Å². The summed E-state index contributed by atoms with van der Waals surface area (Å²) in [5, 5.41) is 0. The predicted octanol–water partition coefficient (Wildman–Crippen LogP) is 3.01. The van der Waals surface area contributed by atoms with Gasteiger partial charge in [-0.15, -0.1) is 0 Å². The lowest BCUT2D eigenvalue weighted by atomic mass is 10.1. The fourth-order valence-electron chi connectivity index (χ4n) is 3.66. The molecule has 0 aromatic heterocycles. The third-order valence-electron chi connectivity index (χ3n) is 5.10. The zero-order chi connectivity index (χ0) is 17.9. The van der Waals surface area contributed by atoms with E-state index in [-0.39, 0.29) is 12.7 Å². The summed E-state index contributed by atoms with van der Waals surface area (Å²) >= 11 is 0. The summed E-state index contributed by atoms with van der Waals surface area (Å²) in [6.45, 7) is 5.83. The highest BCUT2D eigenvalue weighted by atomic mass is 16.7. The number of anilines is 1. The number of ether oxygens (including phenoxy) is 2. The fraction of sp³-hybridized carbons (Fsp3) is 0.381. The average Bonchev–Trinajstić information content (AvgIpc) is 2.97. The Balaban J connectivity index is 1.39. The molecule has 0 bridgehead atoms. The molecule has 0 spiro atoms. The molecule has 0 radical (unpaired) electrons. The molecule has 0 aliphatic carbocycles. The SMILES string of the molecule is Cc1ccccc1N1CCCN(C(=O)Cc2ccc3c(c2)OCO3)CC1. The highest BCUT2D eigenvalue weighted by Crippen LogP contribution is 2.32. The molecule has 136 valence electrons. The van der Waals surface area contributed by atoms with Crippen molar-refractivity contribution >= 4 is 11.6 Å². The van der Waals surface area contributed by atoms with Gasteiger partial charge in [-0.1, -0.05) is 24.3 Å². The monoisotopic (exact) mass is 352 g/mol. The number of para-hydroxylation sites is 1. The van der Waals surface area contributed by atoms with E-state index in [0.29, 0.717) is 6.42 Å². The van der Waals surface area contributed by atoms with E-state index in [1.807, 2.05) is 23.1 Å². The molecule has 2 aromatic carbocycles. The molecule has 2 aliphatic heterocycles. The predicted molar refractivity (Wildman–Crippen MR) is 101 cm³/mol. The number of rotatable bonds is 3. The van der Waals surface area contributed by atoms with E-state index in [4.69, 9.17) is 9.47 Å². The van der Waals surface area contributed by atoms with E-state index in [0.717, 1.165) is 49.7 Å². The second-order valence-corrected chi connectivity index (χ2v) is 6.87. The lowest BCUT2D eigenvalue weighted by molar-refractivity contribution is -0.130. The molecule has 2 aliphatic rings. The quantitative estimate of drug-likeness (QED) is 0.852. The first-order valence-corrected chi connectivity index (χ1v) is 9.17. The summed E-state index contributed by atoms with van der Waals surface area (Å²) in [6.07, 6.45) is 1.39. The second kappa shape index (κ2) is 7.28. The van der Waals surface area contributed by atoms with Crippen LogP contribution in [-0.2, 0) is 11.2 Å². The summed E-state index contributed by atoms with van der Waals surface area (Å²) in [6, 6.07) is 14.2. The van der Waals surface area contributed by atoms with E-state index in [2.05, 4.69) is 36.1 Å². The van der Waals surface area contributed by atoms with Crippen molar-refractivity contribution in [2.45, 2.75) is 19.8 Å². The maximum atomic E-state index is 12.8. The van der Waals surface area contributed by atoms with Crippen LogP contribution < -0.4 is 14.4 Å². The Morgan fingerprint density at radius 3 is 2.73 bits per heavy atom. The molecular formula is C21H24N2O3. The van der Waals surface area contributed by atoms with E-state index in [1.165, 1.54) is 11.3 Å². The van der Waals surface area contributed by atoms with Crippen LogP contribution in [0.1, 0.15) is 17.5 Å². The number of aryl methyl sites for hydroxylation is 1. The standard InChI is InChI=1S/C21H24N2O3/c1-16-5-2-3-6-18(16)22-9-4-10-23(12-11-22)21(24)14-17-7-8-19-20(13-17)26-15-25-19/h2-3,5-8,13H,4,9-12,14-15H2,1H3. The summed E-state index contributed by atoms with van der Waals surface area (Å²) in [7, 11) is 0. The van der Waals surface area contributed by atoms with Crippen molar-refractivity contribution in [1.29, 1.82) is 0 Å². The Bertz CT molecular complexity index is 806. The maximum Gasteiger partial charge on any atom is 0.231 e. The van der Waals surface area contributed by atoms with E-state index >= 15 is 0 Å². The topological polar surface area (TPSA) is 42.0 Å². The van der Waals surface area contributed by atoms with Gasteiger partial charge in [-0.2, -0.15) is 0 Å². The first-order valence-electron chi connectivity index (χ1n) is 9.17. The molecular weight excluding hydrogens is 328 g/mol. The molecule has 0 unspecified atom stereocenters. The van der Waals surface area contributed by atoms with E-state index in [9.17, 15) is 4.79 Å². The van der Waals surface area contributed by atoms with Crippen LogP contribution in [-0.4, -0.2) is 43.8 Å². The Hall–Kier alpha value is -2.69. The lowest BCUT2D eigenvalue weighted by Crippen LogP contribution is -2.36. The number of fused-ring (bicyclic) bond motifs is 1. The van der Waals surface area contributed by atoms with Crippen LogP contribution >= 0.6 is 0 Å². The molecule has 4 rings (SSSR count). The normalized spacial score (nSPS) is 16.5. The first kappa shape index (κ1) is 16.8. The van der Waals surface area contributed by atoms with Crippen LogP contribution in [0.5, 0.6) is 11.5 Å². The Morgan fingerprint density at radius 1 is 1.00 bits per heavy atom. The number of amides is 1. The van der Waals surface area contributed by atoms with Gasteiger partial charge in [0, 0.05) is 31.9 Å². The van der Waals surface area contributed by atoms with Gasteiger partial charge in [0.25, 0.3) is 0 Å². The highest BCUT2D eigenvalue weighted by molar-refractivity contribution is 5.79. The van der Waals surface area contributed by atoms with Crippen molar-refractivity contribution in [3.8, 4) is 11.5 Å². The molecule has 5 heteroatoms. The van der Waals surface area contributed by atoms with Crippen molar-refractivity contribution in [3.63, 3.8) is 0 Å². The Morgan fingerprint density at radius 2 is 1.85 bits per heavy atom. The van der Waals surface area contributed by atoms with Gasteiger partial charge in [0.2, 0.25) is 12.7 Å². The fourth-order valence-corrected chi connectivity index (χ4v) is 3.66. The highest BCUT2D eigenvalue weighted by Gasteiger charge is 2.21. The van der Waals surface area contributed by atoms with Gasteiger partial charge in [0.15, 0.2) is 11.5 Å². The molecule has 5 nitrogen and oxygen atoms in total. The smallest absolute Gasteiger partial charge is 0.231 e. The molecule has 0 atom stereocenters. The number of nitrogens with zero attached hydrogens (tertiary/aromatic N) is 2. The summed E-state index contributed by atoms with van der Waals surface area (Å²) < 4.78 is 10.7. The molecule has 2 aromatic rings. The zero-order valence-corrected chi connectivity index (χ0v) is 15.1. The zero-order valence-electron chi connectivity index (χ0n) is 15.1. The number of carbonyl (C=O) groups is 1. The molecule has 1 fully saturated rings. The number of carbonyl (C=O) groups excluding carboxylic acids is 1. The van der Waals surface area contributed by atoms with Crippen molar-refractivity contribution < 1.29 is 14.3 Å². The first-order chi connectivity index (χ1) is 12.7. The second-order valence-electron chi connectivity index (χ2n) is 6.87. The molecule has 0 N–H and O–H groups in total. The molecule has 0 saturated carbocycles. The van der Waals surface area contributed by atoms with Crippen molar-refractivity contribution in [3.05, 3.63) is 53.6 Å². The summed E-state index contributed by atoms with van der Waals surface area (Å²) in [5.74, 6) is 1.66. The minimum Gasteiger partial charge on any atom is -0.454 e. The molecule has 2 heterocycles. The maximum absolute atomic E-state index is 12.8. The summed E-state index contributed by atoms with van der Waals surface area (Å²) in [4.78, 5) is 17.1. The minimum absolute atomic E-state index is 0.176. The number of hydrogen-bond donors (Lipinski definition) is 0. The van der Waals surface area contributed by atoms with Gasteiger partial charge in [-0.25, -0.2) is 0 Å². The Labute approximate surface area is 154 Å². The Kier molecular flexibility index (Phi) is 4.69. The van der Waals surface area contributed by atoms with Gasteiger partial charge < -0.3 is 19.3 Å². The number of hydrogen-bond acceptors (Lipinski definition) is 4. The van der Waals surface area contributed by atoms with Gasteiger partial charge in [0.05, 0.1) is 6.42 Å². The van der Waals surface area contributed by atoms with Crippen molar-refractivity contribution in [2.24, 2.45) is 0 Å². The van der Waals surface area contributed by atoms with Gasteiger partial charge in [0.1, 0.15) is 0 Å². The molecule has 1 amide bonds. The van der Waals surface area contributed by atoms with Gasteiger partial charge in [-0.3, -0.25) is 4.79 Å². The van der Waals surface area contributed by atoms with Crippen LogP contribution in [0, 0.1) is 6.92 Å². The van der Waals surface area contributed by atoms with Crippen LogP contribution in [0.2, 0.25) is 0 Å².